The van der Waals surface area contributed by atoms with E-state index in [-0.39, 0.29) is 28.4 Å². The third kappa shape index (κ3) is 2.65. The van der Waals surface area contributed by atoms with Crippen LogP contribution in [0.5, 0.6) is 0 Å². The minimum atomic E-state index is -0.303. The molecule has 0 amide bonds. The van der Waals surface area contributed by atoms with Crippen LogP contribution in [0.3, 0.4) is 0 Å². The van der Waals surface area contributed by atoms with E-state index in [4.69, 9.17) is 0 Å². The molecule has 0 N–H and O–H groups in total. The molecule has 2 aromatic carbocycles. The van der Waals surface area contributed by atoms with Crippen LogP contribution in [0.15, 0.2) is 60.7 Å². The van der Waals surface area contributed by atoms with Gasteiger partial charge < -0.3 is 4.90 Å². The van der Waals surface area contributed by atoms with Gasteiger partial charge in [0.05, 0.1) is 11.0 Å². The number of nitro groups is 1. The first-order valence-electron chi connectivity index (χ1n) is 11.1. The van der Waals surface area contributed by atoms with Gasteiger partial charge in [-0.1, -0.05) is 36.4 Å². The van der Waals surface area contributed by atoms with E-state index in [0.717, 1.165) is 30.5 Å². The van der Waals surface area contributed by atoms with Crippen molar-refractivity contribution in [3.8, 4) is 0 Å². The van der Waals surface area contributed by atoms with Gasteiger partial charge in [-0.3, -0.25) is 14.9 Å². The van der Waals surface area contributed by atoms with Crippen LogP contribution >= 0.6 is 0 Å². The number of carbonyl (C=O) groups excluding carboxylic acids is 1. The van der Waals surface area contributed by atoms with E-state index in [2.05, 4.69) is 41.3 Å². The highest BCUT2D eigenvalue weighted by Gasteiger charge is 2.48. The molecule has 0 bridgehead atoms. The van der Waals surface area contributed by atoms with Gasteiger partial charge in [-0.05, 0) is 60.4 Å². The van der Waals surface area contributed by atoms with Gasteiger partial charge in [0.15, 0.2) is 5.78 Å². The van der Waals surface area contributed by atoms with E-state index < -0.39 is 0 Å². The first-order chi connectivity index (χ1) is 15.0. The molecule has 5 atom stereocenters. The summed E-state index contributed by atoms with van der Waals surface area (Å²) in [4.78, 5) is 26.0. The number of Topliss-reactive ketones (excluding diaryl/α,β-unsaturated/α-hetero) is 1. The van der Waals surface area contributed by atoms with Gasteiger partial charge in [0.1, 0.15) is 0 Å². The summed E-state index contributed by atoms with van der Waals surface area (Å²) in [5.41, 5.74) is 5.72. The SMILES string of the molecule is CC(=O)c1cc2c3c(c1)[C@@H]1C=CC[C@@H]1[C@H](c1cccc([N+](=O)[O-])c1)N3C[C@@H]1CC=C[C@H]21. The minimum absolute atomic E-state index is 0.0934. The average Bonchev–Trinajstić information content (AvgIpc) is 3.43. The summed E-state index contributed by atoms with van der Waals surface area (Å²) in [6.45, 7) is 2.58. The zero-order valence-corrected chi connectivity index (χ0v) is 17.4. The number of rotatable bonds is 3. The summed E-state index contributed by atoms with van der Waals surface area (Å²) in [7, 11) is 0. The van der Waals surface area contributed by atoms with E-state index in [1.165, 1.54) is 16.8 Å². The predicted octanol–water partition coefficient (Wildman–Crippen LogP) is 5.69. The smallest absolute Gasteiger partial charge is 0.269 e. The number of nitrogens with zero attached hydrogens (tertiary/aromatic N) is 2. The van der Waals surface area contributed by atoms with Crippen LogP contribution in [-0.4, -0.2) is 17.3 Å². The lowest BCUT2D eigenvalue weighted by Crippen LogP contribution is -2.46. The van der Waals surface area contributed by atoms with E-state index in [9.17, 15) is 14.9 Å². The highest BCUT2D eigenvalue weighted by atomic mass is 16.6. The number of ketones is 1. The molecule has 0 radical (unpaired) electrons. The summed E-state index contributed by atoms with van der Waals surface area (Å²) in [6, 6.07) is 11.5. The summed E-state index contributed by atoms with van der Waals surface area (Å²) in [6.07, 6.45) is 11.1. The third-order valence-electron chi connectivity index (χ3n) is 7.68. The zero-order valence-electron chi connectivity index (χ0n) is 17.4. The lowest BCUT2D eigenvalue weighted by Gasteiger charge is -2.51. The van der Waals surface area contributed by atoms with Crippen LogP contribution < -0.4 is 4.90 Å². The van der Waals surface area contributed by atoms with E-state index >= 15 is 0 Å². The molecule has 6 rings (SSSR count). The summed E-state index contributed by atoms with van der Waals surface area (Å²) < 4.78 is 0. The number of fused-ring (bicyclic) bond motifs is 4. The second-order valence-corrected chi connectivity index (χ2v) is 9.31. The molecular weight excluding hydrogens is 388 g/mol. The number of non-ortho nitro benzene ring substituents is 1. The lowest BCUT2D eigenvalue weighted by molar-refractivity contribution is -0.384. The highest BCUT2D eigenvalue weighted by molar-refractivity contribution is 5.96. The molecule has 156 valence electrons. The van der Waals surface area contributed by atoms with Crippen molar-refractivity contribution < 1.29 is 9.72 Å². The molecular formula is C26H24N2O3. The van der Waals surface area contributed by atoms with Crippen LogP contribution in [0.25, 0.3) is 0 Å². The van der Waals surface area contributed by atoms with Crippen LogP contribution in [0, 0.1) is 22.0 Å². The lowest BCUT2D eigenvalue weighted by atomic mass is 9.70. The van der Waals surface area contributed by atoms with Gasteiger partial charge in [0, 0.05) is 41.8 Å². The van der Waals surface area contributed by atoms with Crippen molar-refractivity contribution in [3.63, 3.8) is 0 Å². The number of allylic oxidation sites excluding steroid dienone is 4. The van der Waals surface area contributed by atoms with Crippen molar-refractivity contribution >= 4 is 17.2 Å². The molecule has 0 aromatic heterocycles. The Bertz CT molecular complexity index is 1160. The minimum Gasteiger partial charge on any atom is -0.363 e. The molecule has 0 saturated carbocycles. The number of nitro benzene ring substituents is 1. The van der Waals surface area contributed by atoms with Gasteiger partial charge in [-0.2, -0.15) is 0 Å². The van der Waals surface area contributed by atoms with Crippen LogP contribution in [-0.2, 0) is 0 Å². The summed E-state index contributed by atoms with van der Waals surface area (Å²) in [5, 5.41) is 11.5. The van der Waals surface area contributed by atoms with E-state index in [0.29, 0.717) is 17.8 Å². The molecule has 2 aromatic rings. The Labute approximate surface area is 181 Å². The summed E-state index contributed by atoms with van der Waals surface area (Å²) in [5.74, 6) is 1.48. The highest BCUT2D eigenvalue weighted by Crippen LogP contribution is 2.59. The predicted molar refractivity (Wildman–Crippen MR) is 120 cm³/mol. The van der Waals surface area contributed by atoms with E-state index in [1.807, 2.05) is 12.1 Å². The Morgan fingerprint density at radius 1 is 1.06 bits per heavy atom. The maximum atomic E-state index is 12.4. The molecule has 5 heteroatoms. The average molecular weight is 412 g/mol. The fourth-order valence-corrected chi connectivity index (χ4v) is 6.38. The maximum Gasteiger partial charge on any atom is 0.269 e. The number of anilines is 1. The Morgan fingerprint density at radius 3 is 2.58 bits per heavy atom. The molecule has 5 nitrogen and oxygen atoms in total. The Balaban J connectivity index is 1.58. The number of hydrogen-bond acceptors (Lipinski definition) is 4. The van der Waals surface area contributed by atoms with E-state index in [1.54, 1.807) is 19.1 Å². The van der Waals surface area contributed by atoms with Gasteiger partial charge in [-0.15, -0.1) is 0 Å². The first-order valence-corrected chi connectivity index (χ1v) is 11.1. The second kappa shape index (κ2) is 6.64. The molecule has 0 fully saturated rings. The van der Waals surface area contributed by atoms with Crippen molar-refractivity contribution in [1.82, 2.24) is 0 Å². The number of carbonyl (C=O) groups is 1. The molecule has 4 aliphatic rings. The molecule has 2 aliphatic carbocycles. The van der Waals surface area contributed by atoms with Gasteiger partial charge >= 0.3 is 0 Å². The zero-order chi connectivity index (χ0) is 21.3. The van der Waals surface area contributed by atoms with Crippen molar-refractivity contribution in [3.05, 3.63) is 93.1 Å². The second-order valence-electron chi connectivity index (χ2n) is 9.31. The number of benzene rings is 2. The normalized spacial score (nSPS) is 29.5. The van der Waals surface area contributed by atoms with Crippen molar-refractivity contribution in [1.29, 1.82) is 0 Å². The fourth-order valence-electron chi connectivity index (χ4n) is 6.38. The fraction of sp³-hybridized carbons (Fsp3) is 0.346. The first kappa shape index (κ1) is 18.6. The van der Waals surface area contributed by atoms with Crippen molar-refractivity contribution in [2.75, 3.05) is 11.4 Å². The molecule has 0 spiro atoms. The Kier molecular flexibility index (Phi) is 3.98. The monoisotopic (exact) mass is 412 g/mol. The largest absolute Gasteiger partial charge is 0.363 e. The molecule has 0 unspecified atom stereocenters. The van der Waals surface area contributed by atoms with Crippen LogP contribution in [0.1, 0.15) is 64.7 Å². The quantitative estimate of drug-likeness (QED) is 0.281. The van der Waals surface area contributed by atoms with Crippen LogP contribution in [0.2, 0.25) is 0 Å². The Morgan fingerprint density at radius 2 is 1.81 bits per heavy atom. The maximum absolute atomic E-state index is 12.4. The third-order valence-corrected chi connectivity index (χ3v) is 7.68. The van der Waals surface area contributed by atoms with Gasteiger partial charge in [0.25, 0.3) is 5.69 Å². The topological polar surface area (TPSA) is 63.4 Å². The molecule has 2 heterocycles. The number of hydrogen-bond donors (Lipinski definition) is 0. The van der Waals surface area contributed by atoms with Crippen molar-refractivity contribution in [2.24, 2.45) is 11.8 Å². The summed E-state index contributed by atoms with van der Waals surface area (Å²) >= 11 is 0. The standard InChI is InChI=1S/C26H24N2O3/c1-15(29)18-12-23-20-8-3-6-17(20)14-27-25(16-5-2-7-19(11-16)28(30)31)22-10-4-9-21(22)24(13-18)26(23)27/h2-5,7-9,11-13,17,20-22,25H,6,10,14H2,1H3/t17-,20-,21+,22-,25-/m0/s1. The van der Waals surface area contributed by atoms with Crippen LogP contribution in [0.4, 0.5) is 11.4 Å². The van der Waals surface area contributed by atoms with Crippen molar-refractivity contribution in [2.45, 2.75) is 37.6 Å². The molecule has 0 saturated heterocycles. The van der Waals surface area contributed by atoms with Gasteiger partial charge in [-0.25, -0.2) is 0 Å². The molecule has 31 heavy (non-hydrogen) atoms. The Hall–Kier alpha value is -3.21. The van der Waals surface area contributed by atoms with Gasteiger partial charge in [0.2, 0.25) is 0 Å². The molecule has 2 aliphatic heterocycles.